The monoisotopic (exact) mass is 320 g/mol. The van der Waals surface area contributed by atoms with Crippen molar-refractivity contribution in [2.24, 2.45) is 4.99 Å². The molecular weight excluding hydrogens is 296 g/mol. The Morgan fingerprint density at radius 3 is 2.95 bits per heavy atom. The Balaban J connectivity index is 1.74. The maximum absolute atomic E-state index is 5.50. The Morgan fingerprint density at radius 1 is 1.32 bits per heavy atom. The second-order valence-corrected chi connectivity index (χ2v) is 5.98. The minimum Gasteiger partial charge on any atom is -0.443 e. The molecule has 2 N–H and O–H groups in total. The number of aliphatic imine (C=N–C) groups is 1. The highest BCUT2D eigenvalue weighted by molar-refractivity contribution is 7.13. The van der Waals surface area contributed by atoms with Crippen molar-refractivity contribution in [2.75, 3.05) is 13.6 Å². The smallest absolute Gasteiger partial charge is 0.236 e. The third kappa shape index (κ3) is 5.18. The van der Waals surface area contributed by atoms with Crippen LogP contribution in [0.25, 0.3) is 10.8 Å². The van der Waals surface area contributed by atoms with Gasteiger partial charge in [0.15, 0.2) is 5.96 Å². The standard InChI is InChI=1S/C16H24N4OS/c1-3-4-5-6-9-18-16(17-2)19-11-13-12-21-15(20-13)14-8-7-10-22-14/h7-8,10,12H,3-6,9,11H2,1-2H3,(H2,17,18,19). The second-order valence-electron chi connectivity index (χ2n) is 5.03. The summed E-state index contributed by atoms with van der Waals surface area (Å²) in [4.78, 5) is 9.74. The Labute approximate surface area is 135 Å². The highest BCUT2D eigenvalue weighted by Crippen LogP contribution is 2.23. The quantitative estimate of drug-likeness (QED) is 0.443. The molecule has 0 saturated heterocycles. The summed E-state index contributed by atoms with van der Waals surface area (Å²) in [7, 11) is 1.78. The topological polar surface area (TPSA) is 62.5 Å². The molecule has 6 heteroatoms. The molecule has 0 spiro atoms. The fourth-order valence-electron chi connectivity index (χ4n) is 2.06. The summed E-state index contributed by atoms with van der Waals surface area (Å²) >= 11 is 1.62. The second kappa shape index (κ2) is 9.25. The molecule has 120 valence electrons. The Kier molecular flexibility index (Phi) is 6.96. The van der Waals surface area contributed by atoms with Gasteiger partial charge in [-0.25, -0.2) is 4.98 Å². The minimum atomic E-state index is 0.601. The lowest BCUT2D eigenvalue weighted by Gasteiger charge is -2.10. The maximum Gasteiger partial charge on any atom is 0.236 e. The first-order valence-electron chi connectivity index (χ1n) is 7.76. The van der Waals surface area contributed by atoms with Crippen LogP contribution in [0, 0.1) is 0 Å². The summed E-state index contributed by atoms with van der Waals surface area (Å²) in [5.74, 6) is 1.48. The number of unbranched alkanes of at least 4 members (excludes halogenated alkanes) is 3. The first-order chi connectivity index (χ1) is 10.8. The molecular formula is C16H24N4OS. The zero-order valence-electron chi connectivity index (χ0n) is 13.3. The van der Waals surface area contributed by atoms with E-state index in [1.807, 2.05) is 17.5 Å². The van der Waals surface area contributed by atoms with Crippen molar-refractivity contribution in [1.82, 2.24) is 15.6 Å². The van der Waals surface area contributed by atoms with E-state index >= 15 is 0 Å². The highest BCUT2D eigenvalue weighted by atomic mass is 32.1. The van der Waals surface area contributed by atoms with Crippen molar-refractivity contribution in [3.05, 3.63) is 29.5 Å². The number of aromatic nitrogens is 1. The number of hydrogen-bond donors (Lipinski definition) is 2. The van der Waals surface area contributed by atoms with Crippen LogP contribution in [0.2, 0.25) is 0 Å². The zero-order valence-corrected chi connectivity index (χ0v) is 14.1. The van der Waals surface area contributed by atoms with Gasteiger partial charge in [-0.2, -0.15) is 0 Å². The predicted molar refractivity (Wildman–Crippen MR) is 92.2 cm³/mol. The lowest BCUT2D eigenvalue weighted by atomic mass is 10.2. The number of nitrogens with zero attached hydrogens (tertiary/aromatic N) is 2. The number of nitrogens with one attached hydrogen (secondary N) is 2. The first-order valence-corrected chi connectivity index (χ1v) is 8.64. The fourth-order valence-corrected chi connectivity index (χ4v) is 2.71. The summed E-state index contributed by atoms with van der Waals surface area (Å²) in [6, 6.07) is 4.00. The summed E-state index contributed by atoms with van der Waals surface area (Å²) in [5, 5.41) is 8.59. The molecule has 0 aromatic carbocycles. The van der Waals surface area contributed by atoms with Gasteiger partial charge in [-0.15, -0.1) is 11.3 Å². The maximum atomic E-state index is 5.50. The van der Waals surface area contributed by atoms with Gasteiger partial charge in [-0.3, -0.25) is 4.99 Å². The Morgan fingerprint density at radius 2 is 2.23 bits per heavy atom. The third-order valence-corrected chi connectivity index (χ3v) is 4.12. The lowest BCUT2D eigenvalue weighted by Crippen LogP contribution is -2.37. The molecule has 0 atom stereocenters. The fraction of sp³-hybridized carbons (Fsp3) is 0.500. The van der Waals surface area contributed by atoms with Gasteiger partial charge in [-0.05, 0) is 17.9 Å². The van der Waals surface area contributed by atoms with E-state index in [1.54, 1.807) is 24.6 Å². The summed E-state index contributed by atoms with van der Waals surface area (Å²) < 4.78 is 5.50. The molecule has 0 aliphatic heterocycles. The van der Waals surface area contributed by atoms with Crippen molar-refractivity contribution in [3.63, 3.8) is 0 Å². The molecule has 22 heavy (non-hydrogen) atoms. The van der Waals surface area contributed by atoms with Gasteiger partial charge in [0.25, 0.3) is 0 Å². The van der Waals surface area contributed by atoms with Crippen LogP contribution in [-0.2, 0) is 6.54 Å². The van der Waals surface area contributed by atoms with Crippen LogP contribution >= 0.6 is 11.3 Å². The van der Waals surface area contributed by atoms with E-state index in [0.29, 0.717) is 12.4 Å². The number of oxazole rings is 1. The number of guanidine groups is 1. The highest BCUT2D eigenvalue weighted by Gasteiger charge is 2.07. The van der Waals surface area contributed by atoms with Crippen molar-refractivity contribution < 1.29 is 4.42 Å². The molecule has 0 aliphatic rings. The average Bonchev–Trinajstić information content (AvgIpc) is 3.20. The third-order valence-electron chi connectivity index (χ3n) is 3.27. The molecule has 2 aromatic rings. The minimum absolute atomic E-state index is 0.601. The predicted octanol–water partition coefficient (Wildman–Crippen LogP) is 3.65. The molecule has 0 bridgehead atoms. The van der Waals surface area contributed by atoms with Gasteiger partial charge in [0.1, 0.15) is 6.26 Å². The molecule has 2 aromatic heterocycles. The van der Waals surface area contributed by atoms with Gasteiger partial charge in [-0.1, -0.05) is 32.3 Å². The van der Waals surface area contributed by atoms with Crippen LogP contribution in [0.15, 0.2) is 33.2 Å². The first kappa shape index (κ1) is 16.5. The van der Waals surface area contributed by atoms with E-state index < -0.39 is 0 Å². The summed E-state index contributed by atoms with van der Waals surface area (Å²) in [6.07, 6.45) is 6.66. The number of thiophene rings is 1. The van der Waals surface area contributed by atoms with Gasteiger partial charge in [0.2, 0.25) is 5.89 Å². The van der Waals surface area contributed by atoms with Crippen LogP contribution < -0.4 is 10.6 Å². The van der Waals surface area contributed by atoms with Gasteiger partial charge >= 0.3 is 0 Å². The zero-order chi connectivity index (χ0) is 15.6. The van der Waals surface area contributed by atoms with E-state index in [9.17, 15) is 0 Å². The normalized spacial score (nSPS) is 11.6. The van der Waals surface area contributed by atoms with Crippen LogP contribution in [0.5, 0.6) is 0 Å². The van der Waals surface area contributed by atoms with Crippen molar-refractivity contribution in [3.8, 4) is 10.8 Å². The Bertz CT molecular complexity index is 562. The molecule has 2 rings (SSSR count). The number of rotatable bonds is 8. The molecule has 0 unspecified atom stereocenters. The van der Waals surface area contributed by atoms with Crippen molar-refractivity contribution in [1.29, 1.82) is 0 Å². The lowest BCUT2D eigenvalue weighted by molar-refractivity contribution is 0.573. The molecule has 0 fully saturated rings. The SMILES string of the molecule is CCCCCCNC(=NC)NCc1coc(-c2cccs2)n1. The molecule has 0 radical (unpaired) electrons. The summed E-state index contributed by atoms with van der Waals surface area (Å²) in [6.45, 7) is 3.76. The van der Waals surface area contributed by atoms with Gasteiger partial charge < -0.3 is 15.1 Å². The van der Waals surface area contributed by atoms with E-state index in [0.717, 1.165) is 23.1 Å². The van der Waals surface area contributed by atoms with Crippen LogP contribution in [-0.4, -0.2) is 24.5 Å². The largest absolute Gasteiger partial charge is 0.443 e. The van der Waals surface area contributed by atoms with Gasteiger partial charge in [0, 0.05) is 13.6 Å². The van der Waals surface area contributed by atoms with Crippen LogP contribution in [0.3, 0.4) is 0 Å². The summed E-state index contributed by atoms with van der Waals surface area (Å²) in [5.41, 5.74) is 0.873. The molecule has 0 aliphatic carbocycles. The number of hydrogen-bond acceptors (Lipinski definition) is 4. The Hall–Kier alpha value is -1.82. The van der Waals surface area contributed by atoms with Crippen molar-refractivity contribution in [2.45, 2.75) is 39.2 Å². The van der Waals surface area contributed by atoms with E-state index in [4.69, 9.17) is 4.42 Å². The van der Waals surface area contributed by atoms with Crippen LogP contribution in [0.4, 0.5) is 0 Å². The van der Waals surface area contributed by atoms with Crippen molar-refractivity contribution >= 4 is 17.3 Å². The molecule has 0 amide bonds. The van der Waals surface area contributed by atoms with Gasteiger partial charge in [0.05, 0.1) is 17.1 Å². The molecule has 0 saturated carbocycles. The van der Waals surface area contributed by atoms with E-state index in [1.165, 1.54) is 25.7 Å². The van der Waals surface area contributed by atoms with E-state index in [-0.39, 0.29) is 0 Å². The average molecular weight is 320 g/mol. The van der Waals surface area contributed by atoms with E-state index in [2.05, 4.69) is 27.5 Å². The van der Waals surface area contributed by atoms with Crippen LogP contribution in [0.1, 0.15) is 38.3 Å². The molecule has 5 nitrogen and oxygen atoms in total. The molecule has 2 heterocycles.